The van der Waals surface area contributed by atoms with Crippen LogP contribution in [0.4, 0.5) is 9.52 Å². The molecule has 0 aliphatic heterocycles. The van der Waals surface area contributed by atoms with Gasteiger partial charge in [-0.15, -0.1) is 0 Å². The highest BCUT2D eigenvalue weighted by molar-refractivity contribution is 7.22. The van der Waals surface area contributed by atoms with Crippen LogP contribution >= 0.6 is 11.3 Å². The maximum atomic E-state index is 13.7. The van der Waals surface area contributed by atoms with E-state index < -0.39 is 5.82 Å². The van der Waals surface area contributed by atoms with Gasteiger partial charge in [0.15, 0.2) is 23.3 Å². The van der Waals surface area contributed by atoms with Crippen molar-refractivity contribution in [1.29, 1.82) is 0 Å². The van der Waals surface area contributed by atoms with Crippen molar-refractivity contribution < 1.29 is 13.9 Å². The Hall–Kier alpha value is -2.47. The second-order valence-electron chi connectivity index (χ2n) is 6.08. The molecule has 0 radical (unpaired) electrons. The average Bonchev–Trinajstić information content (AvgIpc) is 3.02. The number of hydrogen-bond donors (Lipinski definition) is 0. The monoisotopic (exact) mass is 358 g/mol. The maximum absolute atomic E-state index is 13.7. The van der Waals surface area contributed by atoms with E-state index in [0.717, 1.165) is 10.2 Å². The maximum Gasteiger partial charge on any atom is 0.266 e. The molecular weight excluding hydrogens is 339 g/mol. The minimum absolute atomic E-state index is 0.0737. The van der Waals surface area contributed by atoms with E-state index in [9.17, 15) is 9.18 Å². The topological polar surface area (TPSA) is 42.4 Å². The van der Waals surface area contributed by atoms with Crippen molar-refractivity contribution in [3.8, 4) is 5.75 Å². The van der Waals surface area contributed by atoms with Gasteiger partial charge < -0.3 is 4.74 Å². The van der Waals surface area contributed by atoms with Crippen molar-refractivity contribution in [1.82, 2.24) is 4.98 Å². The van der Waals surface area contributed by atoms with Gasteiger partial charge in [0.1, 0.15) is 0 Å². The summed E-state index contributed by atoms with van der Waals surface area (Å²) >= 11 is 1.46. The van der Waals surface area contributed by atoms with E-state index in [-0.39, 0.29) is 24.2 Å². The fourth-order valence-electron chi connectivity index (χ4n) is 2.41. The normalized spacial score (nSPS) is 11.0. The van der Waals surface area contributed by atoms with Crippen LogP contribution in [0.15, 0.2) is 48.5 Å². The highest BCUT2D eigenvalue weighted by Gasteiger charge is 2.21. The van der Waals surface area contributed by atoms with Crippen molar-refractivity contribution in [2.45, 2.75) is 13.8 Å². The highest BCUT2D eigenvalue weighted by atomic mass is 32.1. The summed E-state index contributed by atoms with van der Waals surface area (Å²) in [6.45, 7) is 4.36. The largest absolute Gasteiger partial charge is 0.481 e. The number of para-hydroxylation sites is 2. The SMILES string of the molecule is CC(C)CN(C(=O)COc1ccccc1F)c1nc2ccccc2s1. The molecule has 0 saturated heterocycles. The van der Waals surface area contributed by atoms with E-state index in [1.165, 1.54) is 23.5 Å². The summed E-state index contributed by atoms with van der Waals surface area (Å²) in [6.07, 6.45) is 0. The Morgan fingerprint density at radius 2 is 1.92 bits per heavy atom. The number of hydrogen-bond acceptors (Lipinski definition) is 4. The number of thiazole rings is 1. The number of nitrogens with zero attached hydrogens (tertiary/aromatic N) is 2. The van der Waals surface area contributed by atoms with Crippen LogP contribution in [0.25, 0.3) is 10.2 Å². The molecule has 130 valence electrons. The molecule has 0 atom stereocenters. The molecule has 0 spiro atoms. The molecule has 0 bridgehead atoms. The number of fused-ring (bicyclic) bond motifs is 1. The Labute approximate surface area is 149 Å². The van der Waals surface area contributed by atoms with Crippen molar-refractivity contribution in [3.05, 3.63) is 54.3 Å². The van der Waals surface area contributed by atoms with Crippen LogP contribution in [0.2, 0.25) is 0 Å². The zero-order valence-electron chi connectivity index (χ0n) is 14.1. The van der Waals surface area contributed by atoms with Crippen LogP contribution in [0.1, 0.15) is 13.8 Å². The molecule has 3 rings (SSSR count). The quantitative estimate of drug-likeness (QED) is 0.651. The average molecular weight is 358 g/mol. The Morgan fingerprint density at radius 1 is 1.20 bits per heavy atom. The van der Waals surface area contributed by atoms with Gasteiger partial charge in [-0.2, -0.15) is 0 Å². The molecule has 3 aromatic rings. The molecular formula is C19H19FN2O2S. The summed E-state index contributed by atoms with van der Waals surface area (Å²) in [6, 6.07) is 13.8. The van der Waals surface area contributed by atoms with Gasteiger partial charge >= 0.3 is 0 Å². The van der Waals surface area contributed by atoms with Crippen LogP contribution in [0, 0.1) is 11.7 Å². The van der Waals surface area contributed by atoms with Gasteiger partial charge in [0.25, 0.3) is 5.91 Å². The highest BCUT2D eigenvalue weighted by Crippen LogP contribution is 2.29. The number of halogens is 1. The number of anilines is 1. The molecule has 1 amide bonds. The van der Waals surface area contributed by atoms with Gasteiger partial charge in [-0.3, -0.25) is 9.69 Å². The van der Waals surface area contributed by atoms with E-state index in [0.29, 0.717) is 11.7 Å². The number of amides is 1. The molecule has 0 saturated carbocycles. The van der Waals surface area contributed by atoms with Gasteiger partial charge in [0, 0.05) is 6.54 Å². The summed E-state index contributed by atoms with van der Waals surface area (Å²) in [4.78, 5) is 18.9. The summed E-state index contributed by atoms with van der Waals surface area (Å²) < 4.78 is 20.0. The molecule has 0 unspecified atom stereocenters. The van der Waals surface area contributed by atoms with Crippen molar-refractivity contribution in [2.75, 3.05) is 18.1 Å². The molecule has 4 nitrogen and oxygen atoms in total. The van der Waals surface area contributed by atoms with Crippen LogP contribution in [0.5, 0.6) is 5.75 Å². The van der Waals surface area contributed by atoms with Crippen LogP contribution in [-0.2, 0) is 4.79 Å². The zero-order valence-corrected chi connectivity index (χ0v) is 14.9. The van der Waals surface area contributed by atoms with Gasteiger partial charge in [-0.1, -0.05) is 49.4 Å². The molecule has 2 aromatic carbocycles. The summed E-state index contributed by atoms with van der Waals surface area (Å²) in [5, 5.41) is 0.636. The molecule has 1 heterocycles. The first-order valence-electron chi connectivity index (χ1n) is 8.08. The number of aromatic nitrogens is 1. The first kappa shape index (κ1) is 17.4. The Kier molecular flexibility index (Phi) is 5.28. The molecule has 0 aliphatic carbocycles. The van der Waals surface area contributed by atoms with Gasteiger partial charge in [-0.25, -0.2) is 9.37 Å². The second-order valence-corrected chi connectivity index (χ2v) is 7.09. The number of benzene rings is 2. The molecule has 0 N–H and O–H groups in total. The molecule has 1 aromatic heterocycles. The standard InChI is InChI=1S/C19H19FN2O2S/c1-13(2)11-22(19-21-15-8-4-6-10-17(15)25-19)18(23)12-24-16-9-5-3-7-14(16)20/h3-10,13H,11-12H2,1-2H3. The predicted octanol–water partition coefficient (Wildman–Crippen LogP) is 4.50. The molecule has 25 heavy (non-hydrogen) atoms. The number of rotatable bonds is 6. The van der Waals surface area contributed by atoms with Crippen molar-refractivity contribution in [2.24, 2.45) is 5.92 Å². The summed E-state index contributed by atoms with van der Waals surface area (Å²) in [7, 11) is 0. The minimum Gasteiger partial charge on any atom is -0.481 e. The van der Waals surface area contributed by atoms with Gasteiger partial charge in [0.05, 0.1) is 10.2 Å². The lowest BCUT2D eigenvalue weighted by Crippen LogP contribution is -2.37. The fourth-order valence-corrected chi connectivity index (χ4v) is 3.40. The van der Waals surface area contributed by atoms with Crippen molar-refractivity contribution in [3.63, 3.8) is 0 Å². The fraction of sp³-hybridized carbons (Fsp3) is 0.263. The van der Waals surface area contributed by atoms with Crippen molar-refractivity contribution >= 4 is 32.6 Å². The molecule has 0 fully saturated rings. The zero-order chi connectivity index (χ0) is 17.8. The lowest BCUT2D eigenvalue weighted by molar-refractivity contribution is -0.120. The smallest absolute Gasteiger partial charge is 0.266 e. The summed E-state index contributed by atoms with van der Waals surface area (Å²) in [5.41, 5.74) is 0.860. The number of ether oxygens (including phenoxy) is 1. The van der Waals surface area contributed by atoms with Crippen LogP contribution in [0.3, 0.4) is 0 Å². The Morgan fingerprint density at radius 3 is 2.64 bits per heavy atom. The van der Waals surface area contributed by atoms with Gasteiger partial charge in [-0.05, 0) is 30.2 Å². The third kappa shape index (κ3) is 4.14. The van der Waals surface area contributed by atoms with Gasteiger partial charge in [0.2, 0.25) is 0 Å². The third-order valence-electron chi connectivity index (χ3n) is 3.55. The predicted molar refractivity (Wildman–Crippen MR) is 98.7 cm³/mol. The van der Waals surface area contributed by atoms with E-state index in [1.807, 2.05) is 38.1 Å². The lowest BCUT2D eigenvalue weighted by Gasteiger charge is -2.22. The number of carbonyl (C=O) groups excluding carboxylic acids is 1. The summed E-state index contributed by atoms with van der Waals surface area (Å²) in [5.74, 6) is -0.379. The lowest BCUT2D eigenvalue weighted by atomic mass is 10.2. The third-order valence-corrected chi connectivity index (χ3v) is 4.61. The minimum atomic E-state index is -0.481. The molecule has 6 heteroatoms. The second kappa shape index (κ2) is 7.61. The Balaban J connectivity index is 1.80. The van der Waals surface area contributed by atoms with E-state index in [4.69, 9.17) is 4.74 Å². The Bertz CT molecular complexity index is 845. The van der Waals surface area contributed by atoms with E-state index in [1.54, 1.807) is 17.0 Å². The van der Waals surface area contributed by atoms with Crippen LogP contribution < -0.4 is 9.64 Å². The van der Waals surface area contributed by atoms with Crippen LogP contribution in [-0.4, -0.2) is 24.0 Å². The molecule has 0 aliphatic rings. The van der Waals surface area contributed by atoms with E-state index >= 15 is 0 Å². The first-order chi connectivity index (χ1) is 12.0. The number of carbonyl (C=O) groups is 1. The first-order valence-corrected chi connectivity index (χ1v) is 8.89. The van der Waals surface area contributed by atoms with E-state index in [2.05, 4.69) is 4.98 Å².